The normalized spacial score (nSPS) is 10.0. The molecule has 82 valence electrons. The van der Waals surface area contributed by atoms with Gasteiger partial charge in [0.2, 0.25) is 5.91 Å². The van der Waals surface area contributed by atoms with Crippen LogP contribution in [0.3, 0.4) is 0 Å². The molecule has 0 aromatic heterocycles. The molecule has 0 saturated heterocycles. The first-order chi connectivity index (χ1) is 7.24. The van der Waals surface area contributed by atoms with Crippen molar-refractivity contribution in [2.45, 2.75) is 18.2 Å². The second-order valence-corrected chi connectivity index (χ2v) is 4.27. The lowest BCUT2D eigenvalue weighted by Crippen LogP contribution is -2.38. The Morgan fingerprint density at radius 3 is 2.67 bits per heavy atom. The molecule has 0 spiro atoms. The largest absolute Gasteiger partial charge is 0.280 e. The molecular formula is C11H16N2OS. The van der Waals surface area contributed by atoms with Gasteiger partial charge in [-0.2, -0.15) is 0 Å². The van der Waals surface area contributed by atoms with Crippen molar-refractivity contribution in [2.75, 3.05) is 12.3 Å². The van der Waals surface area contributed by atoms with Crippen molar-refractivity contribution >= 4 is 17.7 Å². The first-order valence-electron chi connectivity index (χ1n) is 4.97. The number of nitrogens with zero attached hydrogens (tertiary/aromatic N) is 1. The Bertz CT molecular complexity index is 303. The quantitative estimate of drug-likeness (QED) is 0.359. The van der Waals surface area contributed by atoms with Gasteiger partial charge >= 0.3 is 0 Å². The highest BCUT2D eigenvalue weighted by atomic mass is 32.2. The van der Waals surface area contributed by atoms with E-state index in [2.05, 4.69) is 0 Å². The summed E-state index contributed by atoms with van der Waals surface area (Å²) in [5.74, 6) is 6.38. The molecule has 4 heteroatoms. The number of hydrogen-bond acceptors (Lipinski definition) is 3. The highest BCUT2D eigenvalue weighted by molar-refractivity contribution is 7.99. The van der Waals surface area contributed by atoms with E-state index in [4.69, 9.17) is 5.84 Å². The lowest BCUT2D eigenvalue weighted by atomic mass is 10.4. The predicted molar refractivity (Wildman–Crippen MR) is 63.4 cm³/mol. The monoisotopic (exact) mass is 224 g/mol. The molecule has 15 heavy (non-hydrogen) atoms. The van der Waals surface area contributed by atoms with Crippen molar-refractivity contribution in [1.29, 1.82) is 0 Å². The average molecular weight is 224 g/mol. The number of carbonyl (C=O) groups excluding carboxylic acids is 1. The molecule has 0 aliphatic carbocycles. The Morgan fingerprint density at radius 1 is 1.40 bits per heavy atom. The third-order valence-electron chi connectivity index (χ3n) is 1.97. The van der Waals surface area contributed by atoms with Crippen LogP contribution in [0.5, 0.6) is 0 Å². The highest BCUT2D eigenvalue weighted by Crippen LogP contribution is 2.16. The number of carbonyl (C=O) groups is 1. The summed E-state index contributed by atoms with van der Waals surface area (Å²) in [5, 5.41) is 1.29. The first kappa shape index (κ1) is 12.1. The number of rotatable bonds is 5. The predicted octanol–water partition coefficient (Wildman–Crippen LogP) is 1.89. The van der Waals surface area contributed by atoms with E-state index in [0.717, 1.165) is 5.75 Å². The average Bonchev–Trinajstić information content (AvgIpc) is 2.29. The molecule has 1 amide bonds. The summed E-state index contributed by atoms with van der Waals surface area (Å²) in [4.78, 5) is 12.3. The van der Waals surface area contributed by atoms with E-state index in [9.17, 15) is 4.79 Å². The van der Waals surface area contributed by atoms with Gasteiger partial charge in [-0.3, -0.25) is 9.80 Å². The van der Waals surface area contributed by atoms with Crippen LogP contribution in [0, 0.1) is 0 Å². The van der Waals surface area contributed by atoms with Crippen LogP contribution in [0.4, 0.5) is 0 Å². The number of benzene rings is 1. The summed E-state index contributed by atoms with van der Waals surface area (Å²) in [6.45, 7) is 2.40. The zero-order valence-electron chi connectivity index (χ0n) is 8.85. The molecule has 2 N–H and O–H groups in total. The Kier molecular flexibility index (Phi) is 5.21. The van der Waals surface area contributed by atoms with E-state index in [1.54, 1.807) is 11.8 Å². The molecule has 0 saturated carbocycles. The number of amides is 1. The molecule has 0 aliphatic heterocycles. The van der Waals surface area contributed by atoms with Gasteiger partial charge in [0, 0.05) is 23.6 Å². The summed E-state index contributed by atoms with van der Waals surface area (Å²) >= 11 is 1.70. The molecule has 1 rings (SSSR count). The third kappa shape index (κ3) is 4.36. The van der Waals surface area contributed by atoms with Gasteiger partial charge in [0.25, 0.3) is 0 Å². The number of hydrazine groups is 1. The minimum Gasteiger partial charge on any atom is -0.280 e. The number of thioether (sulfide) groups is 1. The SMILES string of the molecule is CCC(=O)N(N)CCSc1ccccc1. The maximum atomic E-state index is 11.1. The van der Waals surface area contributed by atoms with E-state index >= 15 is 0 Å². The van der Waals surface area contributed by atoms with Crippen molar-refractivity contribution in [3.63, 3.8) is 0 Å². The lowest BCUT2D eigenvalue weighted by molar-refractivity contribution is -0.130. The molecule has 0 unspecified atom stereocenters. The van der Waals surface area contributed by atoms with Crippen LogP contribution in [-0.4, -0.2) is 23.2 Å². The minimum absolute atomic E-state index is 0.0105. The Balaban J connectivity index is 2.25. The van der Waals surface area contributed by atoms with Crippen LogP contribution in [0.2, 0.25) is 0 Å². The molecule has 0 aliphatic rings. The van der Waals surface area contributed by atoms with Gasteiger partial charge in [0.15, 0.2) is 0 Å². The molecule has 0 bridgehead atoms. The van der Waals surface area contributed by atoms with E-state index in [1.807, 2.05) is 37.3 Å². The summed E-state index contributed by atoms with van der Waals surface area (Å²) in [5.41, 5.74) is 0. The van der Waals surface area contributed by atoms with E-state index in [-0.39, 0.29) is 5.91 Å². The van der Waals surface area contributed by atoms with Crippen LogP contribution in [-0.2, 0) is 4.79 Å². The molecule has 0 radical (unpaired) electrons. The Labute approximate surface area is 94.6 Å². The van der Waals surface area contributed by atoms with Gasteiger partial charge in [0.1, 0.15) is 0 Å². The van der Waals surface area contributed by atoms with Gasteiger partial charge in [-0.25, -0.2) is 5.84 Å². The van der Waals surface area contributed by atoms with Crippen molar-refractivity contribution in [2.24, 2.45) is 5.84 Å². The van der Waals surface area contributed by atoms with Gasteiger partial charge < -0.3 is 0 Å². The fourth-order valence-corrected chi connectivity index (χ4v) is 1.98. The fraction of sp³-hybridized carbons (Fsp3) is 0.364. The summed E-state index contributed by atoms with van der Waals surface area (Å²) < 4.78 is 0. The van der Waals surface area contributed by atoms with Crippen molar-refractivity contribution in [1.82, 2.24) is 5.01 Å². The first-order valence-corrected chi connectivity index (χ1v) is 5.95. The minimum atomic E-state index is -0.0105. The van der Waals surface area contributed by atoms with E-state index < -0.39 is 0 Å². The molecule has 1 aromatic carbocycles. The molecule has 3 nitrogen and oxygen atoms in total. The van der Waals surface area contributed by atoms with Gasteiger partial charge in [-0.1, -0.05) is 25.1 Å². The summed E-state index contributed by atoms with van der Waals surface area (Å²) in [6, 6.07) is 10.1. The third-order valence-corrected chi connectivity index (χ3v) is 2.96. The Morgan fingerprint density at radius 2 is 2.07 bits per heavy atom. The highest BCUT2D eigenvalue weighted by Gasteiger charge is 2.05. The zero-order valence-corrected chi connectivity index (χ0v) is 9.67. The smallest absolute Gasteiger partial charge is 0.236 e. The van der Waals surface area contributed by atoms with Gasteiger partial charge in [-0.05, 0) is 12.1 Å². The molecular weight excluding hydrogens is 208 g/mol. The van der Waals surface area contributed by atoms with Crippen LogP contribution in [0.1, 0.15) is 13.3 Å². The van der Waals surface area contributed by atoms with Gasteiger partial charge in [-0.15, -0.1) is 11.8 Å². The van der Waals surface area contributed by atoms with Gasteiger partial charge in [0.05, 0.1) is 0 Å². The van der Waals surface area contributed by atoms with E-state index in [0.29, 0.717) is 13.0 Å². The summed E-state index contributed by atoms with van der Waals surface area (Å²) in [6.07, 6.45) is 0.465. The van der Waals surface area contributed by atoms with Crippen molar-refractivity contribution in [3.05, 3.63) is 30.3 Å². The molecule has 1 aromatic rings. The standard InChI is InChI=1S/C11H16N2OS/c1-2-11(14)13(12)8-9-15-10-6-4-3-5-7-10/h3-7H,2,8-9,12H2,1H3. The number of nitrogens with two attached hydrogens (primary N) is 1. The molecule has 0 heterocycles. The number of hydrogen-bond donors (Lipinski definition) is 1. The van der Waals surface area contributed by atoms with Crippen LogP contribution in [0.25, 0.3) is 0 Å². The lowest BCUT2D eigenvalue weighted by Gasteiger charge is -2.14. The van der Waals surface area contributed by atoms with Crippen LogP contribution >= 0.6 is 11.8 Å². The molecule has 0 fully saturated rings. The molecule has 0 atom stereocenters. The topological polar surface area (TPSA) is 46.3 Å². The fourth-order valence-electron chi connectivity index (χ4n) is 1.11. The van der Waals surface area contributed by atoms with Crippen LogP contribution < -0.4 is 5.84 Å². The Hall–Kier alpha value is -1.00. The van der Waals surface area contributed by atoms with Crippen molar-refractivity contribution in [3.8, 4) is 0 Å². The van der Waals surface area contributed by atoms with Crippen molar-refractivity contribution < 1.29 is 4.79 Å². The maximum Gasteiger partial charge on any atom is 0.236 e. The maximum absolute atomic E-state index is 11.1. The van der Waals surface area contributed by atoms with E-state index in [1.165, 1.54) is 9.90 Å². The second kappa shape index (κ2) is 6.48. The second-order valence-electron chi connectivity index (χ2n) is 3.10. The van der Waals surface area contributed by atoms with Crippen LogP contribution in [0.15, 0.2) is 35.2 Å². The zero-order chi connectivity index (χ0) is 11.1. The summed E-state index contributed by atoms with van der Waals surface area (Å²) in [7, 11) is 0.